The number of aliphatic hydroxyl groups excluding tert-OH is 1. The normalized spacial score (nSPS) is 15.8. The predicted octanol–water partition coefficient (Wildman–Crippen LogP) is 2.79. The molecule has 0 bridgehead atoms. The molecule has 108 valence electrons. The molecule has 1 fully saturated rings. The number of halogens is 1. The Bertz CT molecular complexity index is 513. The van der Waals surface area contributed by atoms with Crippen molar-refractivity contribution in [2.75, 3.05) is 13.7 Å². The van der Waals surface area contributed by atoms with Crippen LogP contribution in [-0.2, 0) is 6.54 Å². The molecule has 20 heavy (non-hydrogen) atoms. The molecule has 0 amide bonds. The van der Waals surface area contributed by atoms with Gasteiger partial charge < -0.3 is 5.11 Å². The third-order valence-electron chi connectivity index (χ3n) is 3.95. The van der Waals surface area contributed by atoms with Gasteiger partial charge in [-0.1, -0.05) is 17.9 Å². The lowest BCUT2D eigenvalue weighted by atomic mass is 10.1. The average Bonchev–Trinajstić information content (AvgIpc) is 3.25. The summed E-state index contributed by atoms with van der Waals surface area (Å²) in [5.41, 5.74) is 1.78. The summed E-state index contributed by atoms with van der Waals surface area (Å²) in [7, 11) is 2.11. The molecular formula is C17H22FNO. The number of hydrogen-bond donors (Lipinski definition) is 1. The van der Waals surface area contributed by atoms with Gasteiger partial charge in [0, 0.05) is 24.6 Å². The first-order valence-corrected chi connectivity index (χ1v) is 7.20. The van der Waals surface area contributed by atoms with Gasteiger partial charge in [-0.05, 0) is 50.4 Å². The molecule has 1 aliphatic rings. The van der Waals surface area contributed by atoms with Gasteiger partial charge in [0.2, 0.25) is 0 Å². The van der Waals surface area contributed by atoms with Crippen molar-refractivity contribution in [2.45, 2.75) is 38.8 Å². The van der Waals surface area contributed by atoms with Crippen LogP contribution in [0, 0.1) is 23.6 Å². The zero-order valence-corrected chi connectivity index (χ0v) is 12.2. The minimum Gasteiger partial charge on any atom is -0.395 e. The van der Waals surface area contributed by atoms with E-state index >= 15 is 0 Å². The fourth-order valence-corrected chi connectivity index (χ4v) is 2.37. The monoisotopic (exact) mass is 275 g/mol. The van der Waals surface area contributed by atoms with Gasteiger partial charge in [0.1, 0.15) is 5.82 Å². The maximum absolute atomic E-state index is 13.4. The van der Waals surface area contributed by atoms with Gasteiger partial charge >= 0.3 is 0 Å². The van der Waals surface area contributed by atoms with Gasteiger partial charge in [-0.15, -0.1) is 0 Å². The van der Waals surface area contributed by atoms with Crippen molar-refractivity contribution in [2.24, 2.45) is 5.92 Å². The van der Waals surface area contributed by atoms with Crippen molar-refractivity contribution in [3.63, 3.8) is 0 Å². The largest absolute Gasteiger partial charge is 0.395 e. The van der Waals surface area contributed by atoms with E-state index in [1.165, 1.54) is 25.0 Å². The quantitative estimate of drug-likeness (QED) is 0.835. The highest BCUT2D eigenvalue weighted by Gasteiger charge is 2.30. The second kappa shape index (κ2) is 6.88. The molecule has 2 rings (SSSR count). The van der Waals surface area contributed by atoms with Crippen LogP contribution in [0.5, 0.6) is 0 Å². The van der Waals surface area contributed by atoms with Crippen molar-refractivity contribution >= 4 is 0 Å². The molecule has 0 heterocycles. The third kappa shape index (κ3) is 4.06. The lowest BCUT2D eigenvalue weighted by Gasteiger charge is -2.25. The maximum Gasteiger partial charge on any atom is 0.124 e. The summed E-state index contributed by atoms with van der Waals surface area (Å²) < 4.78 is 13.4. The standard InChI is InChI=1S/C17H22FNO/c1-13(14-6-7-14)19(2)12-16-8-9-17(18)11-15(16)5-3-4-10-20/h8-9,11,13-14,20H,4,6-7,10,12H2,1-2H3. The van der Waals surface area contributed by atoms with E-state index in [2.05, 4.69) is 30.7 Å². The Labute approximate surface area is 120 Å². The molecule has 1 unspecified atom stereocenters. The van der Waals surface area contributed by atoms with Gasteiger partial charge in [0.15, 0.2) is 0 Å². The van der Waals surface area contributed by atoms with E-state index < -0.39 is 0 Å². The van der Waals surface area contributed by atoms with Crippen LogP contribution in [0.4, 0.5) is 4.39 Å². The Hall–Kier alpha value is -1.37. The van der Waals surface area contributed by atoms with Gasteiger partial charge in [-0.2, -0.15) is 0 Å². The van der Waals surface area contributed by atoms with Crippen molar-refractivity contribution < 1.29 is 9.50 Å². The molecule has 3 heteroatoms. The van der Waals surface area contributed by atoms with E-state index in [9.17, 15) is 4.39 Å². The fourth-order valence-electron chi connectivity index (χ4n) is 2.37. The van der Waals surface area contributed by atoms with Crippen molar-refractivity contribution in [3.05, 3.63) is 35.1 Å². The van der Waals surface area contributed by atoms with E-state index in [0.717, 1.165) is 23.6 Å². The van der Waals surface area contributed by atoms with Crippen molar-refractivity contribution in [1.29, 1.82) is 0 Å². The van der Waals surface area contributed by atoms with Gasteiger partial charge in [-0.3, -0.25) is 4.90 Å². The molecule has 0 spiro atoms. The van der Waals surface area contributed by atoms with Crippen LogP contribution in [-0.4, -0.2) is 29.7 Å². The van der Waals surface area contributed by atoms with E-state index in [-0.39, 0.29) is 12.4 Å². The van der Waals surface area contributed by atoms with Crippen LogP contribution in [0.2, 0.25) is 0 Å². The first-order chi connectivity index (χ1) is 9.61. The molecule has 1 aromatic rings. The van der Waals surface area contributed by atoms with Crippen LogP contribution >= 0.6 is 0 Å². The highest BCUT2D eigenvalue weighted by molar-refractivity contribution is 5.41. The summed E-state index contributed by atoms with van der Waals surface area (Å²) in [4.78, 5) is 2.31. The molecule has 0 aromatic heterocycles. The molecule has 2 nitrogen and oxygen atoms in total. The maximum atomic E-state index is 13.4. The average molecular weight is 275 g/mol. The second-order valence-corrected chi connectivity index (χ2v) is 5.57. The predicted molar refractivity (Wildman–Crippen MR) is 78.6 cm³/mol. The van der Waals surface area contributed by atoms with Gasteiger partial charge in [0.05, 0.1) is 6.61 Å². The fraction of sp³-hybridized carbons (Fsp3) is 0.529. The Morgan fingerprint density at radius 3 is 2.85 bits per heavy atom. The molecule has 1 atom stereocenters. The number of rotatable bonds is 5. The van der Waals surface area contributed by atoms with Crippen LogP contribution in [0.3, 0.4) is 0 Å². The molecule has 1 N–H and O–H groups in total. The van der Waals surface area contributed by atoms with Crippen LogP contribution in [0.1, 0.15) is 37.3 Å². The van der Waals surface area contributed by atoms with Crippen LogP contribution in [0.25, 0.3) is 0 Å². The first-order valence-electron chi connectivity index (χ1n) is 7.20. The number of nitrogens with zero attached hydrogens (tertiary/aromatic N) is 1. The zero-order chi connectivity index (χ0) is 14.5. The van der Waals surface area contributed by atoms with Crippen LogP contribution < -0.4 is 0 Å². The SMILES string of the molecule is CC(C1CC1)N(C)Cc1ccc(F)cc1C#CCCO. The number of aliphatic hydroxyl groups is 1. The zero-order valence-electron chi connectivity index (χ0n) is 12.2. The summed E-state index contributed by atoms with van der Waals surface area (Å²) in [6.07, 6.45) is 3.06. The lowest BCUT2D eigenvalue weighted by molar-refractivity contribution is 0.226. The minimum atomic E-state index is -0.264. The Kier molecular flexibility index (Phi) is 5.17. The highest BCUT2D eigenvalue weighted by atomic mass is 19.1. The van der Waals surface area contributed by atoms with Crippen molar-refractivity contribution in [3.8, 4) is 11.8 Å². The Balaban J connectivity index is 2.11. The van der Waals surface area contributed by atoms with Crippen LogP contribution in [0.15, 0.2) is 18.2 Å². The summed E-state index contributed by atoms with van der Waals surface area (Å²) in [5.74, 6) is 6.38. The van der Waals surface area contributed by atoms with E-state index in [0.29, 0.717) is 12.5 Å². The molecule has 0 radical (unpaired) electrons. The van der Waals surface area contributed by atoms with Gasteiger partial charge in [-0.25, -0.2) is 4.39 Å². The molecular weight excluding hydrogens is 253 g/mol. The van der Waals surface area contributed by atoms with Crippen molar-refractivity contribution in [1.82, 2.24) is 4.90 Å². The number of hydrogen-bond acceptors (Lipinski definition) is 2. The summed E-state index contributed by atoms with van der Waals surface area (Å²) >= 11 is 0. The smallest absolute Gasteiger partial charge is 0.124 e. The molecule has 0 saturated heterocycles. The Morgan fingerprint density at radius 1 is 1.45 bits per heavy atom. The lowest BCUT2D eigenvalue weighted by Crippen LogP contribution is -2.30. The molecule has 1 aliphatic carbocycles. The number of benzene rings is 1. The topological polar surface area (TPSA) is 23.5 Å². The van der Waals surface area contributed by atoms with Gasteiger partial charge in [0.25, 0.3) is 0 Å². The molecule has 1 aromatic carbocycles. The summed E-state index contributed by atoms with van der Waals surface area (Å²) in [6, 6.07) is 5.34. The molecule has 0 aliphatic heterocycles. The highest BCUT2D eigenvalue weighted by Crippen LogP contribution is 2.35. The van der Waals surface area contributed by atoms with E-state index in [1.54, 1.807) is 0 Å². The summed E-state index contributed by atoms with van der Waals surface area (Å²) in [5, 5.41) is 8.77. The van der Waals surface area contributed by atoms with E-state index in [4.69, 9.17) is 5.11 Å². The summed E-state index contributed by atoms with van der Waals surface area (Å²) in [6.45, 7) is 3.07. The molecule has 1 saturated carbocycles. The Morgan fingerprint density at radius 2 is 2.20 bits per heavy atom. The second-order valence-electron chi connectivity index (χ2n) is 5.57. The minimum absolute atomic E-state index is 0.0380. The third-order valence-corrected chi connectivity index (χ3v) is 3.95. The van der Waals surface area contributed by atoms with E-state index in [1.807, 2.05) is 6.07 Å². The first kappa shape index (κ1) is 15.0.